The van der Waals surface area contributed by atoms with Gasteiger partial charge in [0, 0.05) is 50.2 Å². The Balaban J connectivity index is 1.30. The van der Waals surface area contributed by atoms with Crippen molar-refractivity contribution in [3.63, 3.8) is 0 Å². The molecule has 1 atom stereocenters. The van der Waals surface area contributed by atoms with E-state index < -0.39 is 0 Å². The number of ether oxygens (including phenoxy) is 3. The minimum atomic E-state index is -0.133. The number of piperidine rings is 1. The number of likely N-dealkylation sites (N-methyl/N-ethyl adjacent to an activating group) is 1. The van der Waals surface area contributed by atoms with Gasteiger partial charge in [0.05, 0.1) is 31.4 Å². The fourth-order valence-electron chi connectivity index (χ4n) is 6.65. The van der Waals surface area contributed by atoms with Crippen molar-refractivity contribution >= 4 is 29.1 Å². The van der Waals surface area contributed by atoms with Gasteiger partial charge in [-0.2, -0.15) is 0 Å². The Morgan fingerprint density at radius 3 is 2.33 bits per heavy atom. The summed E-state index contributed by atoms with van der Waals surface area (Å²) in [5, 5.41) is 4.91. The molecule has 0 bridgehead atoms. The zero-order valence-corrected chi connectivity index (χ0v) is 26.9. The van der Waals surface area contributed by atoms with Crippen molar-refractivity contribution in [2.75, 3.05) is 61.1 Å². The van der Waals surface area contributed by atoms with Crippen LogP contribution in [-0.2, 0) is 12.0 Å². The lowest BCUT2D eigenvalue weighted by molar-refractivity contribution is 0.0777. The lowest BCUT2D eigenvalue weighted by Gasteiger charge is -2.46. The zero-order chi connectivity index (χ0) is 30.6. The number of amides is 1. The van der Waals surface area contributed by atoms with Gasteiger partial charge in [-0.1, -0.05) is 53.5 Å². The monoisotopic (exact) mass is 625 g/mol. The molecule has 0 saturated carbocycles. The van der Waals surface area contributed by atoms with Crippen LogP contribution in [0.1, 0.15) is 52.2 Å². The molecule has 7 nitrogen and oxygen atoms in total. The van der Waals surface area contributed by atoms with E-state index in [0.717, 1.165) is 57.4 Å². The fraction of sp³-hybridized carbons (Fsp3) is 0.441. The minimum Gasteiger partial charge on any atom is -0.493 e. The largest absolute Gasteiger partial charge is 0.493 e. The molecule has 1 amide bonds. The smallest absolute Gasteiger partial charge is 0.253 e. The molecule has 1 spiro atoms. The summed E-state index contributed by atoms with van der Waals surface area (Å²) < 4.78 is 16.4. The molecule has 0 aliphatic carbocycles. The normalized spacial score (nSPS) is 16.8. The summed E-state index contributed by atoms with van der Waals surface area (Å²) >= 11 is 12.7. The van der Waals surface area contributed by atoms with Gasteiger partial charge in [0.1, 0.15) is 0 Å². The maximum Gasteiger partial charge on any atom is 0.253 e. The van der Waals surface area contributed by atoms with E-state index in [1.54, 1.807) is 38.4 Å². The quantitative estimate of drug-likeness (QED) is 0.281. The highest BCUT2D eigenvalue weighted by Gasteiger charge is 2.39. The second-order valence-corrected chi connectivity index (χ2v) is 12.3. The van der Waals surface area contributed by atoms with Gasteiger partial charge in [-0.25, -0.2) is 0 Å². The Hall–Kier alpha value is -2.97. The average molecular weight is 627 g/mol. The molecule has 0 radical (unpaired) electrons. The van der Waals surface area contributed by atoms with Gasteiger partial charge in [-0.3, -0.25) is 4.79 Å². The summed E-state index contributed by atoms with van der Waals surface area (Å²) in [6, 6.07) is 18.1. The summed E-state index contributed by atoms with van der Waals surface area (Å²) in [7, 11) is 6.46. The first-order chi connectivity index (χ1) is 20.8. The molecule has 2 heterocycles. The van der Waals surface area contributed by atoms with Crippen molar-refractivity contribution in [2.24, 2.45) is 0 Å². The van der Waals surface area contributed by atoms with Gasteiger partial charge < -0.3 is 29.3 Å². The minimum absolute atomic E-state index is 0.0650. The number of carbonyl (C=O) groups is 1. The third kappa shape index (κ3) is 6.75. The molecule has 0 aromatic heterocycles. The van der Waals surface area contributed by atoms with Gasteiger partial charge in [0.15, 0.2) is 11.5 Å². The highest BCUT2D eigenvalue weighted by Crippen LogP contribution is 2.40. The van der Waals surface area contributed by atoms with Crippen molar-refractivity contribution < 1.29 is 19.0 Å². The highest BCUT2D eigenvalue weighted by atomic mass is 35.5. The Labute approximate surface area is 265 Å². The van der Waals surface area contributed by atoms with E-state index in [-0.39, 0.29) is 17.4 Å². The lowest BCUT2D eigenvalue weighted by atomic mass is 9.76. The van der Waals surface area contributed by atoms with Crippen LogP contribution in [0.2, 0.25) is 10.0 Å². The Bertz CT molecular complexity index is 1420. The molecule has 9 heteroatoms. The summed E-state index contributed by atoms with van der Waals surface area (Å²) in [6.45, 7) is 4.52. The molecule has 3 aromatic carbocycles. The summed E-state index contributed by atoms with van der Waals surface area (Å²) in [5.74, 6) is 1.27. The first-order valence-corrected chi connectivity index (χ1v) is 15.6. The number of carbonyl (C=O) groups excluding carboxylic acids is 1. The average Bonchev–Trinajstić information content (AvgIpc) is 3.04. The van der Waals surface area contributed by atoms with Crippen LogP contribution in [0.5, 0.6) is 17.2 Å². The van der Waals surface area contributed by atoms with E-state index in [0.29, 0.717) is 39.4 Å². The van der Waals surface area contributed by atoms with Crippen LogP contribution in [-0.4, -0.2) is 76.8 Å². The highest BCUT2D eigenvalue weighted by molar-refractivity contribution is 6.42. The molecule has 1 saturated heterocycles. The molecule has 1 N–H and O–H groups in total. The van der Waals surface area contributed by atoms with Crippen LogP contribution >= 0.6 is 23.2 Å². The van der Waals surface area contributed by atoms with Gasteiger partial charge >= 0.3 is 0 Å². The maximum absolute atomic E-state index is 13.7. The molecular weight excluding hydrogens is 585 g/mol. The molecule has 5 rings (SSSR count). The van der Waals surface area contributed by atoms with Crippen molar-refractivity contribution in [2.45, 2.75) is 37.1 Å². The molecule has 1 unspecified atom stereocenters. The van der Waals surface area contributed by atoms with Crippen LogP contribution in [0.4, 0.5) is 0 Å². The van der Waals surface area contributed by atoms with Crippen molar-refractivity contribution in [3.05, 3.63) is 86.9 Å². The Morgan fingerprint density at radius 1 is 0.977 bits per heavy atom. The van der Waals surface area contributed by atoms with E-state index in [1.165, 1.54) is 11.1 Å². The van der Waals surface area contributed by atoms with E-state index in [4.69, 9.17) is 37.4 Å². The topological polar surface area (TPSA) is 63.3 Å². The second-order valence-electron chi connectivity index (χ2n) is 11.5. The number of nitrogens with one attached hydrogen (secondary N) is 1. The summed E-state index contributed by atoms with van der Waals surface area (Å²) in [4.78, 5) is 18.0. The number of halogens is 2. The van der Waals surface area contributed by atoms with Crippen LogP contribution < -0.4 is 19.5 Å². The third-order valence-corrected chi connectivity index (χ3v) is 9.80. The molecule has 2 aliphatic heterocycles. The predicted octanol–water partition coefficient (Wildman–Crippen LogP) is 6.40. The number of benzene rings is 3. The fourth-order valence-corrected chi connectivity index (χ4v) is 6.95. The first kappa shape index (κ1) is 31.5. The lowest BCUT2D eigenvalue weighted by Crippen LogP contribution is -2.54. The van der Waals surface area contributed by atoms with E-state index in [1.807, 2.05) is 25.2 Å². The van der Waals surface area contributed by atoms with Gasteiger partial charge in [0.2, 0.25) is 5.75 Å². The van der Waals surface area contributed by atoms with Crippen LogP contribution in [0.3, 0.4) is 0 Å². The van der Waals surface area contributed by atoms with Gasteiger partial charge in [0.25, 0.3) is 5.91 Å². The third-order valence-electron chi connectivity index (χ3n) is 9.06. The number of nitrogens with zero attached hydrogens (tertiary/aromatic N) is 2. The van der Waals surface area contributed by atoms with Crippen LogP contribution in [0, 0.1) is 0 Å². The van der Waals surface area contributed by atoms with Crippen molar-refractivity contribution in [1.82, 2.24) is 15.1 Å². The number of hydrogen-bond acceptors (Lipinski definition) is 6. The number of hydrogen-bond donors (Lipinski definition) is 1. The Morgan fingerprint density at radius 2 is 1.67 bits per heavy atom. The van der Waals surface area contributed by atoms with E-state index in [9.17, 15) is 4.79 Å². The standard InChI is InChI=1S/C34H41Cl2N3O4/c1-38(33(40)26-20-30(41-2)32(43-4)31(21-26)42-3)22-25(24-9-10-28(35)29(36)19-24)12-16-39-17-13-34(14-18-39)27-8-6-5-7-23(27)11-15-37-34/h5-10,19-21,25,37H,11-18,22H2,1-4H3. The van der Waals surface area contributed by atoms with E-state index in [2.05, 4.69) is 34.5 Å². The number of fused-ring (bicyclic) bond motifs is 2. The summed E-state index contributed by atoms with van der Waals surface area (Å²) in [6.07, 6.45) is 4.14. The maximum atomic E-state index is 13.7. The number of likely N-dealkylation sites (tertiary alicyclic amines) is 1. The number of rotatable bonds is 10. The molecule has 43 heavy (non-hydrogen) atoms. The molecule has 230 valence electrons. The van der Waals surface area contributed by atoms with Gasteiger partial charge in [-0.05, 0) is 73.2 Å². The van der Waals surface area contributed by atoms with Crippen LogP contribution in [0.15, 0.2) is 54.6 Å². The predicted molar refractivity (Wildman–Crippen MR) is 172 cm³/mol. The second kappa shape index (κ2) is 13.8. The van der Waals surface area contributed by atoms with Crippen molar-refractivity contribution in [3.8, 4) is 17.2 Å². The van der Waals surface area contributed by atoms with Crippen molar-refractivity contribution in [1.29, 1.82) is 0 Å². The van der Waals surface area contributed by atoms with Crippen LogP contribution in [0.25, 0.3) is 0 Å². The van der Waals surface area contributed by atoms with Gasteiger partial charge in [-0.15, -0.1) is 0 Å². The zero-order valence-electron chi connectivity index (χ0n) is 25.4. The molecule has 1 fully saturated rings. The molecular formula is C34H41Cl2N3O4. The SMILES string of the molecule is COc1cc(C(=O)N(C)CC(CCN2CCC3(CC2)NCCc2ccccc23)c2ccc(Cl)c(Cl)c2)cc(OC)c1OC. The van der Waals surface area contributed by atoms with E-state index >= 15 is 0 Å². The number of methoxy groups -OCH3 is 3. The first-order valence-electron chi connectivity index (χ1n) is 14.8. The molecule has 2 aliphatic rings. The molecule has 3 aromatic rings. The Kier molecular flexibility index (Phi) is 10.1. The summed E-state index contributed by atoms with van der Waals surface area (Å²) in [5.41, 5.74) is 4.55.